The molecule has 4 heterocycles. The van der Waals surface area contributed by atoms with Crippen LogP contribution in [0.1, 0.15) is 36.3 Å². The Labute approximate surface area is 175 Å². The van der Waals surface area contributed by atoms with Gasteiger partial charge in [0, 0.05) is 36.7 Å². The molecule has 0 radical (unpaired) electrons. The van der Waals surface area contributed by atoms with E-state index in [4.69, 9.17) is 10.2 Å². The molecule has 7 nitrogen and oxygen atoms in total. The van der Waals surface area contributed by atoms with Gasteiger partial charge in [-0.1, -0.05) is 0 Å². The van der Waals surface area contributed by atoms with Crippen LogP contribution in [0.3, 0.4) is 0 Å². The van der Waals surface area contributed by atoms with Gasteiger partial charge in [-0.3, -0.25) is 4.98 Å². The van der Waals surface area contributed by atoms with Gasteiger partial charge in [-0.2, -0.15) is 5.26 Å². The maximum Gasteiger partial charge on any atom is 0.132 e. The molecule has 3 aromatic rings. The Morgan fingerprint density at radius 2 is 2.00 bits per heavy atom. The monoisotopic (exact) mass is 397 g/mol. The number of nitriles is 1. The van der Waals surface area contributed by atoms with E-state index in [1.807, 2.05) is 12.4 Å². The highest BCUT2D eigenvalue weighted by atomic mass is 15.1. The Kier molecular flexibility index (Phi) is 4.99. The van der Waals surface area contributed by atoms with E-state index in [1.165, 1.54) is 18.4 Å². The van der Waals surface area contributed by atoms with Crippen molar-refractivity contribution in [2.24, 2.45) is 0 Å². The third-order valence-electron chi connectivity index (χ3n) is 5.51. The molecule has 1 aliphatic carbocycles. The topological polar surface area (TPSA) is 98.5 Å². The lowest BCUT2D eigenvalue weighted by Crippen LogP contribution is -2.22. The summed E-state index contributed by atoms with van der Waals surface area (Å²) < 4.78 is 0. The molecule has 3 N–H and O–H groups in total. The fourth-order valence-electron chi connectivity index (χ4n) is 3.79. The predicted octanol–water partition coefficient (Wildman–Crippen LogP) is 3.81. The minimum absolute atomic E-state index is 0.434. The van der Waals surface area contributed by atoms with Crippen molar-refractivity contribution in [3.05, 3.63) is 60.0 Å². The molecule has 2 aliphatic rings. The van der Waals surface area contributed by atoms with E-state index in [9.17, 15) is 0 Å². The summed E-state index contributed by atoms with van der Waals surface area (Å²) in [4.78, 5) is 13.6. The summed E-state index contributed by atoms with van der Waals surface area (Å²) in [6.07, 6.45) is 8.88. The van der Waals surface area contributed by atoms with Gasteiger partial charge in [0.05, 0.1) is 23.0 Å². The van der Waals surface area contributed by atoms with Crippen molar-refractivity contribution >= 4 is 17.3 Å². The van der Waals surface area contributed by atoms with E-state index in [-0.39, 0.29) is 0 Å². The first kappa shape index (κ1) is 18.5. The second kappa shape index (κ2) is 8.09. The van der Waals surface area contributed by atoms with Crippen LogP contribution in [-0.2, 0) is 0 Å². The number of aromatic nitrogens is 3. The van der Waals surface area contributed by atoms with Crippen LogP contribution < -0.4 is 16.0 Å². The second-order valence-electron chi connectivity index (χ2n) is 7.91. The third-order valence-corrected chi connectivity index (χ3v) is 5.51. The zero-order valence-corrected chi connectivity index (χ0v) is 16.6. The lowest BCUT2D eigenvalue weighted by atomic mass is 10.1. The van der Waals surface area contributed by atoms with Gasteiger partial charge in [0.25, 0.3) is 0 Å². The van der Waals surface area contributed by atoms with E-state index in [1.54, 1.807) is 18.3 Å². The Bertz CT molecular complexity index is 1090. The molecule has 150 valence electrons. The number of nitrogens with zero attached hydrogens (tertiary/aromatic N) is 4. The molecule has 1 unspecified atom stereocenters. The molecule has 5 rings (SSSR count). The summed E-state index contributed by atoms with van der Waals surface area (Å²) >= 11 is 0. The number of anilines is 3. The maximum absolute atomic E-state index is 9.14. The predicted molar refractivity (Wildman–Crippen MR) is 117 cm³/mol. The van der Waals surface area contributed by atoms with Crippen LogP contribution in [0.15, 0.2) is 48.9 Å². The van der Waals surface area contributed by atoms with Gasteiger partial charge in [-0.05, 0) is 67.6 Å². The van der Waals surface area contributed by atoms with Crippen LogP contribution in [-0.4, -0.2) is 34.1 Å². The highest BCUT2D eigenvalue weighted by Gasteiger charge is 2.25. The van der Waals surface area contributed by atoms with Gasteiger partial charge in [0.15, 0.2) is 0 Å². The van der Waals surface area contributed by atoms with E-state index < -0.39 is 0 Å². The third kappa shape index (κ3) is 4.24. The Morgan fingerprint density at radius 3 is 2.80 bits per heavy atom. The van der Waals surface area contributed by atoms with Crippen LogP contribution in [0, 0.1) is 11.3 Å². The standard InChI is InChI=1S/C23H23N7/c24-11-15-3-6-27-22(7-15)30-23-10-17(16-1-2-16)9-21(29-23)18-8-20(14-26-12-18)28-19-4-5-25-13-19/h3,6-10,12,14,16,19,25,28H,1-2,4-5,13H2,(H,27,29,30). The average Bonchev–Trinajstić information content (AvgIpc) is 3.51. The van der Waals surface area contributed by atoms with Crippen LogP contribution in [0.5, 0.6) is 0 Å². The van der Waals surface area contributed by atoms with Gasteiger partial charge < -0.3 is 16.0 Å². The van der Waals surface area contributed by atoms with Gasteiger partial charge >= 0.3 is 0 Å². The molecule has 1 saturated carbocycles. The fraction of sp³-hybridized carbons (Fsp3) is 0.304. The van der Waals surface area contributed by atoms with Crippen molar-refractivity contribution in [3.63, 3.8) is 0 Å². The zero-order valence-electron chi connectivity index (χ0n) is 16.6. The van der Waals surface area contributed by atoms with Gasteiger partial charge in [0.2, 0.25) is 0 Å². The first-order valence-electron chi connectivity index (χ1n) is 10.3. The van der Waals surface area contributed by atoms with Crippen molar-refractivity contribution in [1.29, 1.82) is 5.26 Å². The number of nitrogens with one attached hydrogen (secondary N) is 3. The van der Waals surface area contributed by atoms with Gasteiger partial charge in [-0.25, -0.2) is 9.97 Å². The number of pyridine rings is 3. The molecule has 7 heteroatoms. The largest absolute Gasteiger partial charge is 0.380 e. The maximum atomic E-state index is 9.14. The zero-order chi connectivity index (χ0) is 20.3. The van der Waals surface area contributed by atoms with E-state index in [2.05, 4.69) is 50.2 Å². The SMILES string of the molecule is N#Cc1ccnc(Nc2cc(C3CC3)cc(-c3cncc(NC4CCNC4)c3)n2)c1. The average molecular weight is 397 g/mol. The number of hydrogen-bond acceptors (Lipinski definition) is 7. The molecular weight excluding hydrogens is 374 g/mol. The van der Waals surface area contributed by atoms with Crippen molar-refractivity contribution in [1.82, 2.24) is 20.3 Å². The van der Waals surface area contributed by atoms with Crippen molar-refractivity contribution in [2.45, 2.75) is 31.2 Å². The quantitative estimate of drug-likeness (QED) is 0.582. The summed E-state index contributed by atoms with van der Waals surface area (Å²) in [5, 5.41) is 19.3. The highest BCUT2D eigenvalue weighted by Crippen LogP contribution is 2.42. The lowest BCUT2D eigenvalue weighted by Gasteiger charge is -2.14. The number of rotatable bonds is 6. The van der Waals surface area contributed by atoms with Crippen molar-refractivity contribution in [2.75, 3.05) is 23.7 Å². The molecular formula is C23H23N7. The summed E-state index contributed by atoms with van der Waals surface area (Å²) in [5.41, 5.74) is 4.72. The lowest BCUT2D eigenvalue weighted by molar-refractivity contribution is 0.792. The molecule has 30 heavy (non-hydrogen) atoms. The molecule has 0 spiro atoms. The minimum atomic E-state index is 0.434. The number of hydrogen-bond donors (Lipinski definition) is 3. The molecule has 0 aromatic carbocycles. The van der Waals surface area contributed by atoms with E-state index >= 15 is 0 Å². The van der Waals surface area contributed by atoms with Crippen LogP contribution in [0.25, 0.3) is 11.3 Å². The first-order valence-corrected chi connectivity index (χ1v) is 10.3. The van der Waals surface area contributed by atoms with Crippen LogP contribution >= 0.6 is 0 Å². The first-order chi connectivity index (χ1) is 14.8. The molecule has 3 aromatic heterocycles. The molecule has 1 saturated heterocycles. The molecule has 0 amide bonds. The Morgan fingerprint density at radius 1 is 1.07 bits per heavy atom. The molecule has 1 atom stereocenters. The Balaban J connectivity index is 1.45. The van der Waals surface area contributed by atoms with Gasteiger partial charge in [0.1, 0.15) is 11.6 Å². The summed E-state index contributed by atoms with van der Waals surface area (Å²) in [7, 11) is 0. The second-order valence-corrected chi connectivity index (χ2v) is 7.91. The van der Waals surface area contributed by atoms with Crippen molar-refractivity contribution in [3.8, 4) is 17.3 Å². The Hall–Kier alpha value is -3.50. The van der Waals surface area contributed by atoms with Crippen molar-refractivity contribution < 1.29 is 0 Å². The highest BCUT2D eigenvalue weighted by molar-refractivity contribution is 5.68. The van der Waals surface area contributed by atoms with E-state index in [0.717, 1.165) is 42.3 Å². The normalized spacial score (nSPS) is 18.0. The van der Waals surface area contributed by atoms with Gasteiger partial charge in [-0.15, -0.1) is 0 Å². The van der Waals surface area contributed by atoms with Crippen LogP contribution in [0.2, 0.25) is 0 Å². The summed E-state index contributed by atoms with van der Waals surface area (Å²) in [6, 6.07) is 12.4. The molecule has 1 aliphatic heterocycles. The van der Waals surface area contributed by atoms with E-state index in [0.29, 0.717) is 23.3 Å². The summed E-state index contributed by atoms with van der Waals surface area (Å²) in [6.45, 7) is 2.02. The molecule has 0 bridgehead atoms. The fourth-order valence-corrected chi connectivity index (χ4v) is 3.79. The molecule has 2 fully saturated rings. The van der Waals surface area contributed by atoms with Crippen LogP contribution in [0.4, 0.5) is 17.3 Å². The minimum Gasteiger partial charge on any atom is -0.380 e. The smallest absolute Gasteiger partial charge is 0.132 e. The summed E-state index contributed by atoms with van der Waals surface area (Å²) in [5.74, 6) is 1.93.